The first-order valence-corrected chi connectivity index (χ1v) is 9.51. The third-order valence-corrected chi connectivity index (χ3v) is 5.56. The topological polar surface area (TPSA) is 15.3 Å². The van der Waals surface area contributed by atoms with Crippen LogP contribution in [0.5, 0.6) is 0 Å². The number of nitrogens with one attached hydrogen (secondary N) is 1. The molecule has 1 fully saturated rings. The van der Waals surface area contributed by atoms with Crippen LogP contribution in [0.1, 0.15) is 79.6 Å². The minimum Gasteiger partial charge on any atom is -0.316 e. The monoisotopic (exact) mass is 296 g/mol. The van der Waals surface area contributed by atoms with Gasteiger partial charge in [-0.25, -0.2) is 0 Å². The van der Waals surface area contributed by atoms with E-state index in [1.54, 1.807) is 0 Å². The van der Waals surface area contributed by atoms with Crippen molar-refractivity contribution in [3.63, 3.8) is 0 Å². The Labute approximate surface area is 134 Å². The van der Waals surface area contributed by atoms with Gasteiger partial charge in [-0.05, 0) is 56.5 Å². The van der Waals surface area contributed by atoms with Gasteiger partial charge < -0.3 is 5.32 Å². The summed E-state index contributed by atoms with van der Waals surface area (Å²) in [5.74, 6) is 0.748. The van der Waals surface area contributed by atoms with E-state index < -0.39 is 0 Å². The standard InChI is InChI=1S/C19H40N2/c1-6-18-12-10-9-11-13-21(18)16-19(7-2,8-3)15-20-14-17(4)5/h17-18,20H,6-16H2,1-5H3. The van der Waals surface area contributed by atoms with Gasteiger partial charge in [0, 0.05) is 19.1 Å². The first-order valence-electron chi connectivity index (χ1n) is 9.51. The number of likely N-dealkylation sites (tertiary alicyclic amines) is 1. The maximum atomic E-state index is 3.74. The van der Waals surface area contributed by atoms with Crippen LogP contribution in [0.4, 0.5) is 0 Å². The summed E-state index contributed by atoms with van der Waals surface area (Å²) < 4.78 is 0. The number of hydrogen-bond acceptors (Lipinski definition) is 2. The summed E-state index contributed by atoms with van der Waals surface area (Å²) in [6.45, 7) is 16.7. The van der Waals surface area contributed by atoms with Gasteiger partial charge in [0.05, 0.1) is 0 Å². The van der Waals surface area contributed by atoms with Crippen LogP contribution in [0.15, 0.2) is 0 Å². The molecule has 1 N–H and O–H groups in total. The molecular formula is C19H40N2. The Bertz CT molecular complexity index is 258. The van der Waals surface area contributed by atoms with Crippen LogP contribution in [-0.4, -0.2) is 37.1 Å². The quantitative estimate of drug-likeness (QED) is 0.664. The Morgan fingerprint density at radius 1 is 1.10 bits per heavy atom. The molecule has 0 bridgehead atoms. The lowest BCUT2D eigenvalue weighted by Crippen LogP contribution is -2.47. The molecule has 0 aromatic rings. The van der Waals surface area contributed by atoms with E-state index in [0.717, 1.165) is 18.5 Å². The molecule has 0 spiro atoms. The molecule has 0 radical (unpaired) electrons. The molecule has 0 aromatic carbocycles. The fourth-order valence-corrected chi connectivity index (χ4v) is 3.74. The maximum Gasteiger partial charge on any atom is 0.00928 e. The van der Waals surface area contributed by atoms with E-state index in [9.17, 15) is 0 Å². The smallest absolute Gasteiger partial charge is 0.00928 e. The summed E-state index contributed by atoms with van der Waals surface area (Å²) in [4.78, 5) is 2.83. The Kier molecular flexibility index (Phi) is 8.89. The Morgan fingerprint density at radius 2 is 1.81 bits per heavy atom. The summed E-state index contributed by atoms with van der Waals surface area (Å²) in [5.41, 5.74) is 0.465. The van der Waals surface area contributed by atoms with Gasteiger partial charge in [-0.2, -0.15) is 0 Å². The fraction of sp³-hybridized carbons (Fsp3) is 1.00. The first kappa shape index (κ1) is 19.0. The van der Waals surface area contributed by atoms with Gasteiger partial charge in [-0.15, -0.1) is 0 Å². The minimum absolute atomic E-state index is 0.465. The van der Waals surface area contributed by atoms with Crippen LogP contribution in [-0.2, 0) is 0 Å². The highest BCUT2D eigenvalue weighted by Gasteiger charge is 2.31. The van der Waals surface area contributed by atoms with Gasteiger partial charge >= 0.3 is 0 Å². The van der Waals surface area contributed by atoms with Gasteiger partial charge in [0.25, 0.3) is 0 Å². The average Bonchev–Trinajstić information content (AvgIpc) is 2.70. The lowest BCUT2D eigenvalue weighted by Gasteiger charge is -2.40. The van der Waals surface area contributed by atoms with E-state index in [-0.39, 0.29) is 0 Å². The van der Waals surface area contributed by atoms with Crippen molar-refractivity contribution in [1.82, 2.24) is 10.2 Å². The molecule has 1 unspecified atom stereocenters. The normalized spacial score (nSPS) is 21.7. The summed E-state index contributed by atoms with van der Waals surface area (Å²) >= 11 is 0. The third kappa shape index (κ3) is 6.28. The van der Waals surface area contributed by atoms with Crippen molar-refractivity contribution in [3.05, 3.63) is 0 Å². The van der Waals surface area contributed by atoms with E-state index in [1.165, 1.54) is 64.6 Å². The van der Waals surface area contributed by atoms with E-state index >= 15 is 0 Å². The molecule has 126 valence electrons. The van der Waals surface area contributed by atoms with Crippen LogP contribution in [0.3, 0.4) is 0 Å². The van der Waals surface area contributed by atoms with Crippen molar-refractivity contribution < 1.29 is 0 Å². The molecule has 21 heavy (non-hydrogen) atoms. The van der Waals surface area contributed by atoms with Crippen molar-refractivity contribution in [2.45, 2.75) is 85.6 Å². The first-order chi connectivity index (χ1) is 10.1. The molecule has 0 saturated carbocycles. The van der Waals surface area contributed by atoms with Crippen molar-refractivity contribution in [1.29, 1.82) is 0 Å². The Morgan fingerprint density at radius 3 is 2.38 bits per heavy atom. The minimum atomic E-state index is 0.465. The molecule has 1 rings (SSSR count). The van der Waals surface area contributed by atoms with Crippen LogP contribution in [0.25, 0.3) is 0 Å². The zero-order valence-electron chi connectivity index (χ0n) is 15.4. The average molecular weight is 297 g/mol. The molecule has 2 heteroatoms. The highest BCUT2D eigenvalue weighted by atomic mass is 15.2. The second-order valence-electron chi connectivity index (χ2n) is 7.61. The molecule has 2 nitrogen and oxygen atoms in total. The van der Waals surface area contributed by atoms with Crippen molar-refractivity contribution in [2.24, 2.45) is 11.3 Å². The van der Waals surface area contributed by atoms with Gasteiger partial charge in [0.15, 0.2) is 0 Å². The third-order valence-electron chi connectivity index (χ3n) is 5.56. The maximum absolute atomic E-state index is 3.74. The molecule has 0 aromatic heterocycles. The fourth-order valence-electron chi connectivity index (χ4n) is 3.74. The van der Waals surface area contributed by atoms with Crippen LogP contribution in [0.2, 0.25) is 0 Å². The highest BCUT2D eigenvalue weighted by Crippen LogP contribution is 2.30. The van der Waals surface area contributed by atoms with Crippen molar-refractivity contribution in [3.8, 4) is 0 Å². The second kappa shape index (κ2) is 9.84. The highest BCUT2D eigenvalue weighted by molar-refractivity contribution is 4.86. The molecule has 1 saturated heterocycles. The zero-order chi connectivity index (χ0) is 15.7. The Hall–Kier alpha value is -0.0800. The summed E-state index contributed by atoms with van der Waals surface area (Å²) in [7, 11) is 0. The second-order valence-corrected chi connectivity index (χ2v) is 7.61. The Balaban J connectivity index is 2.65. The molecular weight excluding hydrogens is 256 g/mol. The summed E-state index contributed by atoms with van der Waals surface area (Å²) in [6.07, 6.45) is 9.60. The van der Waals surface area contributed by atoms with Crippen molar-refractivity contribution >= 4 is 0 Å². The molecule has 1 atom stereocenters. The van der Waals surface area contributed by atoms with E-state index in [2.05, 4.69) is 44.8 Å². The number of nitrogens with zero attached hydrogens (tertiary/aromatic N) is 1. The van der Waals surface area contributed by atoms with Gasteiger partial charge in [0.2, 0.25) is 0 Å². The van der Waals surface area contributed by atoms with Crippen molar-refractivity contribution in [2.75, 3.05) is 26.2 Å². The largest absolute Gasteiger partial charge is 0.316 e. The summed E-state index contributed by atoms with van der Waals surface area (Å²) in [6, 6.07) is 0.829. The van der Waals surface area contributed by atoms with Gasteiger partial charge in [0.1, 0.15) is 0 Å². The van der Waals surface area contributed by atoms with Gasteiger partial charge in [-0.1, -0.05) is 47.5 Å². The van der Waals surface area contributed by atoms with E-state index in [0.29, 0.717) is 5.41 Å². The van der Waals surface area contributed by atoms with E-state index in [4.69, 9.17) is 0 Å². The van der Waals surface area contributed by atoms with Crippen LogP contribution < -0.4 is 5.32 Å². The van der Waals surface area contributed by atoms with E-state index in [1.807, 2.05) is 0 Å². The summed E-state index contributed by atoms with van der Waals surface area (Å²) in [5, 5.41) is 3.74. The number of hydrogen-bond donors (Lipinski definition) is 1. The molecule has 1 aliphatic rings. The predicted octanol–water partition coefficient (Wildman–Crippen LogP) is 4.69. The lowest BCUT2D eigenvalue weighted by molar-refractivity contribution is 0.0968. The molecule has 1 aliphatic heterocycles. The zero-order valence-corrected chi connectivity index (χ0v) is 15.4. The molecule has 0 amide bonds. The van der Waals surface area contributed by atoms with Gasteiger partial charge in [-0.3, -0.25) is 4.90 Å². The number of rotatable bonds is 9. The molecule has 1 heterocycles. The van der Waals surface area contributed by atoms with Crippen LogP contribution in [0, 0.1) is 11.3 Å². The molecule has 0 aliphatic carbocycles. The lowest BCUT2D eigenvalue weighted by atomic mass is 9.81. The SMILES string of the molecule is CCC1CCCCCN1CC(CC)(CC)CNCC(C)C. The van der Waals surface area contributed by atoms with Crippen LogP contribution >= 0.6 is 0 Å². The predicted molar refractivity (Wildman–Crippen MR) is 94.8 cm³/mol.